The first-order chi connectivity index (χ1) is 13.5. The summed E-state index contributed by atoms with van der Waals surface area (Å²) in [5, 5.41) is 5.43. The normalized spacial score (nSPS) is 11.5. The first-order valence-electron chi connectivity index (χ1n) is 8.49. The van der Waals surface area contributed by atoms with E-state index in [-0.39, 0.29) is 18.6 Å². The lowest BCUT2D eigenvalue weighted by molar-refractivity contribution is 0.0939. The third-order valence-electron chi connectivity index (χ3n) is 3.94. The number of halogens is 1. The highest BCUT2D eigenvalue weighted by atomic mass is 19.1. The van der Waals surface area contributed by atoms with Crippen LogP contribution in [-0.4, -0.2) is 17.0 Å². The molecule has 0 aliphatic heterocycles. The molecule has 0 aliphatic rings. The Morgan fingerprint density at radius 2 is 1.86 bits per heavy atom. The largest absolute Gasteiger partial charge is 0.445 e. The summed E-state index contributed by atoms with van der Waals surface area (Å²) in [5.41, 5.74) is 1.76. The Bertz CT molecular complexity index is 925. The first kappa shape index (κ1) is 19.1. The minimum atomic E-state index is -0.623. The molecule has 2 aromatic carbocycles. The number of amides is 2. The molecule has 1 atom stereocenters. The van der Waals surface area contributed by atoms with Crippen LogP contribution in [0.15, 0.2) is 65.5 Å². The zero-order chi connectivity index (χ0) is 19.9. The number of nitrogens with one attached hydrogen (secondary N) is 2. The molecule has 144 valence electrons. The Balaban J connectivity index is 1.52. The number of carbonyl (C=O) groups excluding carboxylic acids is 2. The highest BCUT2D eigenvalue weighted by molar-refractivity contribution is 5.94. The molecule has 2 amide bonds. The molecule has 0 unspecified atom stereocenters. The molecule has 0 radical (unpaired) electrons. The molecule has 1 heterocycles. The van der Waals surface area contributed by atoms with Gasteiger partial charge in [0.1, 0.15) is 5.82 Å². The fraction of sp³-hybridized carbons (Fsp3) is 0.150. The van der Waals surface area contributed by atoms with Crippen LogP contribution in [0.4, 0.5) is 14.9 Å². The van der Waals surface area contributed by atoms with Gasteiger partial charge in [-0.05, 0) is 48.9 Å². The van der Waals surface area contributed by atoms with E-state index in [4.69, 9.17) is 9.15 Å². The van der Waals surface area contributed by atoms with E-state index in [1.165, 1.54) is 36.9 Å². The molecule has 0 fully saturated rings. The number of aromatic nitrogens is 1. The summed E-state index contributed by atoms with van der Waals surface area (Å²) in [7, 11) is 0. The second kappa shape index (κ2) is 8.81. The highest BCUT2D eigenvalue weighted by Crippen LogP contribution is 2.17. The quantitative estimate of drug-likeness (QED) is 0.670. The second-order valence-corrected chi connectivity index (χ2v) is 5.99. The summed E-state index contributed by atoms with van der Waals surface area (Å²) in [4.78, 5) is 27.7. The van der Waals surface area contributed by atoms with E-state index >= 15 is 0 Å². The molecule has 7 nitrogen and oxygen atoms in total. The van der Waals surface area contributed by atoms with Crippen molar-refractivity contribution in [2.75, 3.05) is 5.32 Å². The van der Waals surface area contributed by atoms with Gasteiger partial charge in [0.05, 0.1) is 12.2 Å². The van der Waals surface area contributed by atoms with Crippen molar-refractivity contribution in [2.45, 2.75) is 19.6 Å². The fourth-order valence-corrected chi connectivity index (χ4v) is 2.42. The van der Waals surface area contributed by atoms with Crippen LogP contribution in [0.25, 0.3) is 0 Å². The van der Waals surface area contributed by atoms with Crippen LogP contribution < -0.4 is 10.6 Å². The van der Waals surface area contributed by atoms with Gasteiger partial charge in [-0.2, -0.15) is 0 Å². The van der Waals surface area contributed by atoms with Crippen LogP contribution in [0.5, 0.6) is 0 Å². The van der Waals surface area contributed by atoms with Gasteiger partial charge in [0.15, 0.2) is 18.8 Å². The average molecular weight is 383 g/mol. The van der Waals surface area contributed by atoms with E-state index in [2.05, 4.69) is 15.6 Å². The highest BCUT2D eigenvalue weighted by Gasteiger charge is 2.12. The van der Waals surface area contributed by atoms with Crippen molar-refractivity contribution in [3.05, 3.63) is 83.8 Å². The summed E-state index contributed by atoms with van der Waals surface area (Å²) >= 11 is 0. The van der Waals surface area contributed by atoms with Crippen LogP contribution in [0.3, 0.4) is 0 Å². The Kier molecular flexibility index (Phi) is 6.01. The fourth-order valence-electron chi connectivity index (χ4n) is 2.42. The molecule has 0 aliphatic carbocycles. The van der Waals surface area contributed by atoms with E-state index in [0.717, 1.165) is 5.56 Å². The number of oxazole rings is 1. The lowest BCUT2D eigenvalue weighted by Gasteiger charge is -2.15. The van der Waals surface area contributed by atoms with E-state index in [1.807, 2.05) is 6.92 Å². The van der Waals surface area contributed by atoms with Crippen LogP contribution in [0, 0.1) is 5.82 Å². The minimum Gasteiger partial charge on any atom is -0.445 e. The third-order valence-corrected chi connectivity index (χ3v) is 3.94. The molecule has 0 saturated carbocycles. The van der Waals surface area contributed by atoms with Crippen LogP contribution in [0.1, 0.15) is 34.6 Å². The van der Waals surface area contributed by atoms with Crippen molar-refractivity contribution in [1.29, 1.82) is 0 Å². The molecule has 1 aromatic heterocycles. The number of nitrogens with zero attached hydrogens (tertiary/aromatic N) is 1. The molecule has 3 rings (SSSR count). The number of rotatable bonds is 6. The molecule has 0 spiro atoms. The molecule has 2 N–H and O–H groups in total. The van der Waals surface area contributed by atoms with Crippen LogP contribution >= 0.6 is 0 Å². The molecule has 28 heavy (non-hydrogen) atoms. The maximum Gasteiger partial charge on any atom is 0.412 e. The van der Waals surface area contributed by atoms with Gasteiger partial charge < -0.3 is 14.5 Å². The molecular weight excluding hydrogens is 365 g/mol. The molecule has 3 aromatic rings. The van der Waals surface area contributed by atoms with Crippen molar-refractivity contribution in [2.24, 2.45) is 0 Å². The van der Waals surface area contributed by atoms with E-state index in [9.17, 15) is 14.0 Å². The monoisotopic (exact) mass is 383 g/mol. The predicted octanol–water partition coefficient (Wildman–Crippen LogP) is 4.05. The van der Waals surface area contributed by atoms with Crippen LogP contribution in [0.2, 0.25) is 0 Å². The standard InChI is InChI=1S/C20H18FN3O4/c1-13(23-19(25)15-2-6-16(21)7-3-15)14-4-8-17(9-5-14)24-20(26)27-11-18-10-22-12-28-18/h2-10,12-13H,11H2,1H3,(H,23,25)(H,24,26)/t13-/m0/s1. The summed E-state index contributed by atoms with van der Waals surface area (Å²) in [5.74, 6) is -0.256. The van der Waals surface area contributed by atoms with Gasteiger partial charge in [-0.3, -0.25) is 10.1 Å². The second-order valence-electron chi connectivity index (χ2n) is 5.99. The smallest absolute Gasteiger partial charge is 0.412 e. The SMILES string of the molecule is C[C@H](NC(=O)c1ccc(F)cc1)c1ccc(NC(=O)OCc2cnco2)cc1. The van der Waals surface area contributed by atoms with E-state index < -0.39 is 11.9 Å². The van der Waals surface area contributed by atoms with E-state index in [1.54, 1.807) is 24.3 Å². The van der Waals surface area contributed by atoms with Crippen molar-refractivity contribution in [3.8, 4) is 0 Å². The van der Waals surface area contributed by atoms with Gasteiger partial charge in [0.2, 0.25) is 0 Å². The Morgan fingerprint density at radius 3 is 2.50 bits per heavy atom. The number of hydrogen-bond acceptors (Lipinski definition) is 5. The maximum absolute atomic E-state index is 12.9. The van der Waals surface area contributed by atoms with Gasteiger partial charge >= 0.3 is 6.09 Å². The Morgan fingerprint density at radius 1 is 1.14 bits per heavy atom. The number of benzene rings is 2. The summed E-state index contributed by atoms with van der Waals surface area (Å²) in [6.07, 6.45) is 2.09. The predicted molar refractivity (Wildman–Crippen MR) is 99.0 cm³/mol. The first-order valence-corrected chi connectivity index (χ1v) is 8.49. The van der Waals surface area contributed by atoms with Gasteiger partial charge in [0, 0.05) is 11.3 Å². The Labute approximate surface area is 160 Å². The molecule has 8 heteroatoms. The van der Waals surface area contributed by atoms with Crippen LogP contribution in [-0.2, 0) is 11.3 Å². The van der Waals surface area contributed by atoms with Gasteiger partial charge in [-0.25, -0.2) is 14.2 Å². The van der Waals surface area contributed by atoms with E-state index in [0.29, 0.717) is 17.0 Å². The maximum atomic E-state index is 12.9. The van der Waals surface area contributed by atoms with Crippen molar-refractivity contribution >= 4 is 17.7 Å². The number of carbonyl (C=O) groups is 2. The zero-order valence-corrected chi connectivity index (χ0v) is 15.0. The topological polar surface area (TPSA) is 93.5 Å². The van der Waals surface area contributed by atoms with Crippen molar-refractivity contribution < 1.29 is 23.1 Å². The van der Waals surface area contributed by atoms with Gasteiger partial charge in [0.25, 0.3) is 5.91 Å². The molecule has 0 bridgehead atoms. The average Bonchev–Trinajstić information content (AvgIpc) is 3.21. The zero-order valence-electron chi connectivity index (χ0n) is 15.0. The summed E-state index contributed by atoms with van der Waals surface area (Å²) < 4.78 is 22.9. The van der Waals surface area contributed by atoms with Gasteiger partial charge in [-0.1, -0.05) is 12.1 Å². The summed E-state index contributed by atoms with van der Waals surface area (Å²) in [6.45, 7) is 1.81. The number of hydrogen-bond donors (Lipinski definition) is 2. The van der Waals surface area contributed by atoms with Crippen molar-refractivity contribution in [1.82, 2.24) is 10.3 Å². The third kappa shape index (κ3) is 5.16. The number of ether oxygens (including phenoxy) is 1. The molecule has 0 saturated heterocycles. The number of anilines is 1. The Hall–Kier alpha value is -3.68. The molecular formula is C20H18FN3O4. The lowest BCUT2D eigenvalue weighted by atomic mass is 10.1. The minimum absolute atomic E-state index is 0.0175. The lowest BCUT2D eigenvalue weighted by Crippen LogP contribution is -2.26. The summed E-state index contributed by atoms with van der Waals surface area (Å²) in [6, 6.07) is 12.0. The van der Waals surface area contributed by atoms with Gasteiger partial charge in [-0.15, -0.1) is 0 Å². The van der Waals surface area contributed by atoms with Crippen molar-refractivity contribution in [3.63, 3.8) is 0 Å².